The van der Waals surface area contributed by atoms with Crippen molar-refractivity contribution < 1.29 is 0 Å². The van der Waals surface area contributed by atoms with Gasteiger partial charge in [0.05, 0.1) is 0 Å². The van der Waals surface area contributed by atoms with Crippen LogP contribution in [0.25, 0.3) is 11.1 Å². The summed E-state index contributed by atoms with van der Waals surface area (Å²) in [5.74, 6) is 0. The number of hydrogen-bond acceptors (Lipinski definition) is 0. The average molecular weight is 246 g/mol. The molecule has 0 heterocycles. The van der Waals surface area contributed by atoms with Gasteiger partial charge in [0.2, 0.25) is 0 Å². The fourth-order valence-corrected chi connectivity index (χ4v) is 2.99. The van der Waals surface area contributed by atoms with Crippen molar-refractivity contribution in [1.82, 2.24) is 0 Å². The van der Waals surface area contributed by atoms with Crippen LogP contribution in [0.3, 0.4) is 0 Å². The highest BCUT2D eigenvalue weighted by Crippen LogP contribution is 2.43. The molecule has 94 valence electrons. The lowest BCUT2D eigenvalue weighted by Gasteiger charge is -2.12. The highest BCUT2D eigenvalue weighted by molar-refractivity contribution is 6.09. The third-order valence-electron chi connectivity index (χ3n) is 3.76. The number of hydrogen-bond donors (Lipinski definition) is 0. The normalized spacial score (nSPS) is 15.3. The largest absolute Gasteiger partial charge is 0.0622 e. The van der Waals surface area contributed by atoms with Crippen LogP contribution in [0.5, 0.6) is 0 Å². The molecule has 0 heteroatoms. The molecule has 19 heavy (non-hydrogen) atoms. The molecule has 0 amide bonds. The van der Waals surface area contributed by atoms with E-state index in [0.29, 0.717) is 0 Å². The minimum absolute atomic E-state index is 1.09. The molecular formula is C19H18. The zero-order chi connectivity index (χ0) is 13.2. The average Bonchev–Trinajstić information content (AvgIpc) is 2.75. The second-order valence-electron chi connectivity index (χ2n) is 5.22. The molecule has 2 aromatic rings. The van der Waals surface area contributed by atoms with Crippen molar-refractivity contribution in [2.45, 2.75) is 20.3 Å². The topological polar surface area (TPSA) is 0 Å². The third kappa shape index (κ3) is 2.15. The second kappa shape index (κ2) is 4.89. The molecule has 0 nitrogen and oxygen atoms in total. The van der Waals surface area contributed by atoms with Gasteiger partial charge in [-0.1, -0.05) is 71.8 Å². The standard InChI is InChI=1S/C19H18/c1-14-13-15(2)19(17-11-7-4-8-12-17)18(14)16-9-5-3-6-10-16/h3-12H,13H2,1-2H3. The molecule has 0 spiro atoms. The second-order valence-corrected chi connectivity index (χ2v) is 5.22. The van der Waals surface area contributed by atoms with Gasteiger partial charge in [-0.25, -0.2) is 0 Å². The first kappa shape index (κ1) is 12.0. The number of benzene rings is 2. The maximum Gasteiger partial charge on any atom is -0.00951 e. The molecule has 0 bridgehead atoms. The molecular weight excluding hydrogens is 228 g/mol. The van der Waals surface area contributed by atoms with E-state index in [0.717, 1.165) is 6.42 Å². The lowest BCUT2D eigenvalue weighted by molar-refractivity contribution is 1.15. The van der Waals surface area contributed by atoms with E-state index < -0.39 is 0 Å². The van der Waals surface area contributed by atoms with Crippen LogP contribution in [0.1, 0.15) is 31.4 Å². The van der Waals surface area contributed by atoms with Crippen LogP contribution < -0.4 is 0 Å². The van der Waals surface area contributed by atoms with Gasteiger partial charge >= 0.3 is 0 Å². The quantitative estimate of drug-likeness (QED) is 0.671. The van der Waals surface area contributed by atoms with Gasteiger partial charge in [-0.15, -0.1) is 0 Å². The van der Waals surface area contributed by atoms with Crippen LogP contribution >= 0.6 is 0 Å². The van der Waals surface area contributed by atoms with Crippen molar-refractivity contribution in [3.63, 3.8) is 0 Å². The molecule has 0 saturated heterocycles. The highest BCUT2D eigenvalue weighted by atomic mass is 14.3. The summed E-state index contributed by atoms with van der Waals surface area (Å²) in [6.07, 6.45) is 1.09. The van der Waals surface area contributed by atoms with Crippen molar-refractivity contribution in [3.05, 3.63) is 82.9 Å². The first-order valence-electron chi connectivity index (χ1n) is 6.78. The van der Waals surface area contributed by atoms with E-state index in [2.05, 4.69) is 74.5 Å². The Kier molecular flexibility index (Phi) is 3.08. The van der Waals surface area contributed by atoms with Gasteiger partial charge in [-0.2, -0.15) is 0 Å². The van der Waals surface area contributed by atoms with E-state index in [1.165, 1.54) is 33.4 Å². The molecule has 1 aliphatic rings. The fourth-order valence-electron chi connectivity index (χ4n) is 2.99. The van der Waals surface area contributed by atoms with Gasteiger partial charge in [0.25, 0.3) is 0 Å². The van der Waals surface area contributed by atoms with E-state index in [9.17, 15) is 0 Å². The molecule has 0 aromatic heterocycles. The van der Waals surface area contributed by atoms with Gasteiger partial charge in [0.1, 0.15) is 0 Å². The van der Waals surface area contributed by atoms with E-state index >= 15 is 0 Å². The Morgan fingerprint density at radius 3 is 1.32 bits per heavy atom. The summed E-state index contributed by atoms with van der Waals surface area (Å²) >= 11 is 0. The van der Waals surface area contributed by atoms with E-state index in [4.69, 9.17) is 0 Å². The van der Waals surface area contributed by atoms with Gasteiger partial charge in [0.15, 0.2) is 0 Å². The zero-order valence-corrected chi connectivity index (χ0v) is 11.5. The van der Waals surface area contributed by atoms with Crippen LogP contribution in [0.4, 0.5) is 0 Å². The van der Waals surface area contributed by atoms with Crippen LogP contribution in [-0.2, 0) is 0 Å². The summed E-state index contributed by atoms with van der Waals surface area (Å²) in [4.78, 5) is 0. The Morgan fingerprint density at radius 2 is 0.947 bits per heavy atom. The summed E-state index contributed by atoms with van der Waals surface area (Å²) in [7, 11) is 0. The molecule has 1 aliphatic carbocycles. The van der Waals surface area contributed by atoms with Crippen molar-refractivity contribution >= 4 is 11.1 Å². The van der Waals surface area contributed by atoms with E-state index in [1.54, 1.807) is 0 Å². The lowest BCUT2D eigenvalue weighted by atomic mass is 9.92. The van der Waals surface area contributed by atoms with Crippen molar-refractivity contribution in [3.8, 4) is 0 Å². The summed E-state index contributed by atoms with van der Waals surface area (Å²) in [6, 6.07) is 21.5. The predicted octanol–water partition coefficient (Wildman–Crippen LogP) is 5.34. The lowest BCUT2D eigenvalue weighted by Crippen LogP contribution is -1.90. The molecule has 2 aromatic carbocycles. The zero-order valence-electron chi connectivity index (χ0n) is 11.5. The van der Waals surface area contributed by atoms with Crippen LogP contribution in [0, 0.1) is 0 Å². The minimum Gasteiger partial charge on any atom is -0.0622 e. The van der Waals surface area contributed by atoms with Crippen LogP contribution in [0.2, 0.25) is 0 Å². The number of rotatable bonds is 2. The fraction of sp³-hybridized carbons (Fsp3) is 0.158. The summed E-state index contributed by atoms with van der Waals surface area (Å²) in [6.45, 7) is 4.50. The molecule has 0 N–H and O–H groups in total. The van der Waals surface area contributed by atoms with E-state index in [1.807, 2.05) is 0 Å². The van der Waals surface area contributed by atoms with Crippen LogP contribution in [-0.4, -0.2) is 0 Å². The Bertz CT molecular complexity index is 583. The Labute approximate surface area is 115 Å². The van der Waals surface area contributed by atoms with Crippen molar-refractivity contribution in [1.29, 1.82) is 0 Å². The third-order valence-corrected chi connectivity index (χ3v) is 3.76. The van der Waals surface area contributed by atoms with Crippen molar-refractivity contribution in [2.24, 2.45) is 0 Å². The summed E-state index contributed by atoms with van der Waals surface area (Å²) in [5.41, 5.74) is 8.45. The number of allylic oxidation sites excluding steroid dienone is 4. The maximum absolute atomic E-state index is 2.25. The molecule has 3 rings (SSSR count). The Morgan fingerprint density at radius 1 is 0.579 bits per heavy atom. The SMILES string of the molecule is CC1=C(c2ccccc2)C(c2ccccc2)=C(C)C1. The van der Waals surface area contributed by atoms with Crippen LogP contribution in [0.15, 0.2) is 71.8 Å². The summed E-state index contributed by atoms with van der Waals surface area (Å²) < 4.78 is 0. The van der Waals surface area contributed by atoms with Gasteiger partial charge in [-0.3, -0.25) is 0 Å². The monoisotopic (exact) mass is 246 g/mol. The predicted molar refractivity (Wildman–Crippen MR) is 82.7 cm³/mol. The molecule has 0 saturated carbocycles. The Hall–Kier alpha value is -2.08. The van der Waals surface area contributed by atoms with Crippen molar-refractivity contribution in [2.75, 3.05) is 0 Å². The molecule has 0 atom stereocenters. The first-order valence-corrected chi connectivity index (χ1v) is 6.78. The minimum atomic E-state index is 1.09. The first-order chi connectivity index (χ1) is 9.27. The Balaban J connectivity index is 2.15. The molecule has 0 unspecified atom stereocenters. The van der Waals surface area contributed by atoms with Gasteiger partial charge in [-0.05, 0) is 42.5 Å². The molecule has 0 aliphatic heterocycles. The van der Waals surface area contributed by atoms with Gasteiger partial charge in [0, 0.05) is 0 Å². The molecule has 0 fully saturated rings. The summed E-state index contributed by atoms with van der Waals surface area (Å²) in [5, 5.41) is 0. The smallest absolute Gasteiger partial charge is 0.00951 e. The maximum atomic E-state index is 2.25. The molecule has 0 radical (unpaired) electrons. The van der Waals surface area contributed by atoms with E-state index in [-0.39, 0.29) is 0 Å². The highest BCUT2D eigenvalue weighted by Gasteiger charge is 2.21. The van der Waals surface area contributed by atoms with Gasteiger partial charge < -0.3 is 0 Å².